The van der Waals surface area contributed by atoms with E-state index in [2.05, 4.69) is 5.32 Å². The van der Waals surface area contributed by atoms with Crippen LogP contribution in [0.15, 0.2) is 28.0 Å². The van der Waals surface area contributed by atoms with Gasteiger partial charge in [-0.15, -0.1) is 11.3 Å². The molecule has 20 heavy (non-hydrogen) atoms. The van der Waals surface area contributed by atoms with Gasteiger partial charge in [0.2, 0.25) is 0 Å². The maximum atomic E-state index is 11.0. The molecule has 0 spiro atoms. The highest BCUT2D eigenvalue weighted by molar-refractivity contribution is 7.10. The van der Waals surface area contributed by atoms with Crippen LogP contribution in [0.25, 0.3) is 0 Å². The summed E-state index contributed by atoms with van der Waals surface area (Å²) < 4.78 is 5.54. The van der Waals surface area contributed by atoms with Crippen LogP contribution in [0.1, 0.15) is 47.4 Å². The van der Waals surface area contributed by atoms with Gasteiger partial charge in [-0.2, -0.15) is 0 Å². The van der Waals surface area contributed by atoms with Gasteiger partial charge < -0.3 is 14.8 Å². The summed E-state index contributed by atoms with van der Waals surface area (Å²) >= 11 is 1.57. The van der Waals surface area contributed by atoms with Gasteiger partial charge in [-0.1, -0.05) is 6.07 Å². The Bertz CT molecular complexity index is 574. The first-order valence-electron chi connectivity index (χ1n) is 6.55. The van der Waals surface area contributed by atoms with E-state index in [1.54, 1.807) is 11.3 Å². The lowest BCUT2D eigenvalue weighted by molar-refractivity contribution is -0.137. The zero-order valence-corrected chi connectivity index (χ0v) is 12.7. The van der Waals surface area contributed by atoms with Gasteiger partial charge in [0.1, 0.15) is 11.5 Å². The number of carboxylic acid groups (broad SMARTS) is 1. The van der Waals surface area contributed by atoms with Crippen LogP contribution in [0.5, 0.6) is 0 Å². The predicted molar refractivity (Wildman–Crippen MR) is 79.0 cm³/mol. The van der Waals surface area contributed by atoms with Crippen LogP contribution in [0, 0.1) is 13.8 Å². The number of carbonyl (C=O) groups is 1. The van der Waals surface area contributed by atoms with Gasteiger partial charge in [0.25, 0.3) is 0 Å². The number of carboxylic acids is 1. The average Bonchev–Trinajstić information content (AvgIpc) is 2.97. The van der Waals surface area contributed by atoms with Crippen LogP contribution in [0.3, 0.4) is 0 Å². The standard InChI is InChI=1S/C15H19NO3S/c1-9-7-12(11(3)19-9)10(2)16-13(8-15(17)18)14-5-4-6-20-14/h4-7,10,13,16H,8H2,1-3H3,(H,17,18). The highest BCUT2D eigenvalue weighted by Crippen LogP contribution is 2.28. The van der Waals surface area contributed by atoms with E-state index < -0.39 is 5.97 Å². The second kappa shape index (κ2) is 6.24. The highest BCUT2D eigenvalue weighted by atomic mass is 32.1. The van der Waals surface area contributed by atoms with Gasteiger partial charge in [-0.25, -0.2) is 0 Å². The third kappa shape index (κ3) is 3.49. The molecule has 2 rings (SSSR count). The molecule has 0 aromatic carbocycles. The molecule has 2 aromatic rings. The maximum absolute atomic E-state index is 11.0. The fraction of sp³-hybridized carbons (Fsp3) is 0.400. The Kier molecular flexibility index (Phi) is 4.62. The summed E-state index contributed by atoms with van der Waals surface area (Å²) in [4.78, 5) is 12.1. The number of hydrogen-bond acceptors (Lipinski definition) is 4. The Morgan fingerprint density at radius 1 is 1.50 bits per heavy atom. The zero-order valence-electron chi connectivity index (χ0n) is 11.8. The summed E-state index contributed by atoms with van der Waals surface area (Å²) in [6.45, 7) is 5.87. The third-order valence-corrected chi connectivity index (χ3v) is 4.25. The number of furan rings is 1. The number of aliphatic carboxylic acids is 1. The molecule has 0 aliphatic carbocycles. The summed E-state index contributed by atoms with van der Waals surface area (Å²) in [7, 11) is 0. The smallest absolute Gasteiger partial charge is 0.305 e. The van der Waals surface area contributed by atoms with Gasteiger partial charge in [-0.05, 0) is 38.3 Å². The fourth-order valence-electron chi connectivity index (χ4n) is 2.38. The minimum atomic E-state index is -0.803. The highest BCUT2D eigenvalue weighted by Gasteiger charge is 2.21. The molecule has 0 saturated heterocycles. The van der Waals surface area contributed by atoms with Crippen molar-refractivity contribution < 1.29 is 14.3 Å². The molecule has 2 unspecified atom stereocenters. The minimum absolute atomic E-state index is 0.0406. The van der Waals surface area contributed by atoms with E-state index in [9.17, 15) is 4.79 Å². The average molecular weight is 293 g/mol. The fourth-order valence-corrected chi connectivity index (χ4v) is 3.16. The van der Waals surface area contributed by atoms with Crippen LogP contribution in [0.4, 0.5) is 0 Å². The number of hydrogen-bond donors (Lipinski definition) is 2. The van der Waals surface area contributed by atoms with Gasteiger partial charge in [0.05, 0.1) is 12.5 Å². The Morgan fingerprint density at radius 2 is 2.25 bits per heavy atom. The molecule has 2 N–H and O–H groups in total. The zero-order chi connectivity index (χ0) is 14.7. The SMILES string of the molecule is Cc1cc(C(C)NC(CC(=O)O)c2cccs2)c(C)o1. The monoisotopic (exact) mass is 293 g/mol. The molecule has 2 atom stereocenters. The van der Waals surface area contributed by atoms with E-state index in [1.807, 2.05) is 44.4 Å². The first-order chi connectivity index (χ1) is 9.47. The molecule has 0 aliphatic heterocycles. The van der Waals surface area contributed by atoms with Gasteiger partial charge >= 0.3 is 5.97 Å². The molecular weight excluding hydrogens is 274 g/mol. The first kappa shape index (κ1) is 14.8. The van der Waals surface area contributed by atoms with Crippen molar-refractivity contribution in [3.05, 3.63) is 45.5 Å². The Balaban J connectivity index is 2.15. The molecule has 4 nitrogen and oxygen atoms in total. The van der Waals surface area contributed by atoms with Crippen molar-refractivity contribution in [3.8, 4) is 0 Å². The Hall–Kier alpha value is -1.59. The lowest BCUT2D eigenvalue weighted by Gasteiger charge is -2.21. The lowest BCUT2D eigenvalue weighted by Crippen LogP contribution is -2.26. The summed E-state index contributed by atoms with van der Waals surface area (Å²) in [6.07, 6.45) is 0.0702. The van der Waals surface area contributed by atoms with E-state index in [0.29, 0.717) is 0 Å². The van der Waals surface area contributed by atoms with Crippen LogP contribution < -0.4 is 5.32 Å². The van der Waals surface area contributed by atoms with E-state index in [4.69, 9.17) is 9.52 Å². The molecule has 0 radical (unpaired) electrons. The normalized spacial score (nSPS) is 14.2. The summed E-state index contributed by atoms with van der Waals surface area (Å²) in [6, 6.07) is 5.76. The van der Waals surface area contributed by atoms with Gasteiger partial charge in [-0.3, -0.25) is 4.79 Å². The molecule has 0 saturated carbocycles. The van der Waals surface area contributed by atoms with Crippen molar-refractivity contribution in [1.82, 2.24) is 5.32 Å². The third-order valence-electron chi connectivity index (χ3n) is 3.26. The van der Waals surface area contributed by atoms with Crippen LogP contribution in [-0.2, 0) is 4.79 Å². The molecule has 0 amide bonds. The molecule has 0 aliphatic rings. The number of aryl methyl sites for hydroxylation is 2. The molecule has 5 heteroatoms. The van der Waals surface area contributed by atoms with Crippen LogP contribution in [0.2, 0.25) is 0 Å². The van der Waals surface area contributed by atoms with E-state index in [0.717, 1.165) is 22.0 Å². The summed E-state index contributed by atoms with van der Waals surface area (Å²) in [5.41, 5.74) is 1.08. The quantitative estimate of drug-likeness (QED) is 0.849. The van der Waals surface area contributed by atoms with Crippen molar-refractivity contribution >= 4 is 17.3 Å². The molecule has 108 valence electrons. The summed E-state index contributed by atoms with van der Waals surface area (Å²) in [5.74, 6) is 0.947. The molecule has 0 bridgehead atoms. The Morgan fingerprint density at radius 3 is 2.75 bits per heavy atom. The lowest BCUT2D eigenvalue weighted by atomic mass is 10.1. The van der Waals surface area contributed by atoms with Crippen LogP contribution >= 0.6 is 11.3 Å². The van der Waals surface area contributed by atoms with Gasteiger partial charge in [0.15, 0.2) is 0 Å². The second-order valence-corrected chi connectivity index (χ2v) is 5.90. The molecule has 2 heterocycles. The predicted octanol–water partition coefficient (Wildman–Crippen LogP) is 3.82. The minimum Gasteiger partial charge on any atom is -0.481 e. The van der Waals surface area contributed by atoms with Crippen molar-refractivity contribution in [2.24, 2.45) is 0 Å². The number of thiophene rings is 1. The second-order valence-electron chi connectivity index (χ2n) is 4.92. The largest absolute Gasteiger partial charge is 0.481 e. The van der Waals surface area contributed by atoms with E-state index in [-0.39, 0.29) is 18.5 Å². The number of nitrogens with one attached hydrogen (secondary N) is 1. The van der Waals surface area contributed by atoms with Crippen molar-refractivity contribution in [2.45, 2.75) is 39.3 Å². The first-order valence-corrected chi connectivity index (χ1v) is 7.43. The summed E-state index contributed by atoms with van der Waals surface area (Å²) in [5, 5.41) is 14.4. The number of rotatable bonds is 6. The molecule has 2 aromatic heterocycles. The van der Waals surface area contributed by atoms with E-state index >= 15 is 0 Å². The van der Waals surface area contributed by atoms with Crippen molar-refractivity contribution in [3.63, 3.8) is 0 Å². The van der Waals surface area contributed by atoms with Crippen molar-refractivity contribution in [1.29, 1.82) is 0 Å². The van der Waals surface area contributed by atoms with Crippen LogP contribution in [-0.4, -0.2) is 11.1 Å². The maximum Gasteiger partial charge on any atom is 0.305 e. The van der Waals surface area contributed by atoms with Gasteiger partial charge in [0, 0.05) is 16.5 Å². The van der Waals surface area contributed by atoms with Crippen molar-refractivity contribution in [2.75, 3.05) is 0 Å². The topological polar surface area (TPSA) is 62.5 Å². The Labute approximate surface area is 122 Å². The molecular formula is C15H19NO3S. The van der Waals surface area contributed by atoms with E-state index in [1.165, 1.54) is 0 Å². The molecule has 0 fully saturated rings.